The van der Waals surface area contributed by atoms with Gasteiger partial charge in [-0.25, -0.2) is 13.1 Å². The standard InChI is InChI=1S/C30H32N4O5S3/c1-3-15-33-28(35)26(41-30(33)40)19-23-20-34(24-10-6-5-7-11-24)31-27(23)22-9-8-12-25(18-22)42(37,38)32-16-13-21(14-17-32)29(36)39-4-2/h5-12,18-21H,3-4,13-17H2,1-2H3. The Kier molecular flexibility index (Phi) is 9.26. The van der Waals surface area contributed by atoms with Gasteiger partial charge in [0.15, 0.2) is 0 Å². The van der Waals surface area contributed by atoms with Crippen molar-refractivity contribution in [1.82, 2.24) is 19.0 Å². The van der Waals surface area contributed by atoms with Crippen molar-refractivity contribution in [2.75, 3.05) is 26.2 Å². The molecule has 0 aliphatic carbocycles. The molecule has 12 heteroatoms. The van der Waals surface area contributed by atoms with Gasteiger partial charge in [0.25, 0.3) is 5.91 Å². The van der Waals surface area contributed by atoms with Crippen LogP contribution in [0.2, 0.25) is 0 Å². The van der Waals surface area contributed by atoms with Gasteiger partial charge in [-0.05, 0) is 56.5 Å². The largest absolute Gasteiger partial charge is 0.466 e. The molecule has 5 rings (SSSR count). The number of para-hydroxylation sites is 1. The first kappa shape index (κ1) is 30.1. The summed E-state index contributed by atoms with van der Waals surface area (Å²) in [4.78, 5) is 27.5. The normalized spacial score (nSPS) is 17.8. The highest BCUT2D eigenvalue weighted by Crippen LogP contribution is 2.35. The average Bonchev–Trinajstić information content (AvgIpc) is 3.54. The second-order valence-corrected chi connectivity index (χ2v) is 13.6. The van der Waals surface area contributed by atoms with Crippen LogP contribution in [-0.4, -0.2) is 69.8 Å². The van der Waals surface area contributed by atoms with E-state index in [9.17, 15) is 18.0 Å². The van der Waals surface area contributed by atoms with E-state index in [4.69, 9.17) is 22.1 Å². The number of amides is 1. The minimum atomic E-state index is -3.81. The zero-order chi connectivity index (χ0) is 29.9. The molecular weight excluding hydrogens is 593 g/mol. The monoisotopic (exact) mass is 624 g/mol. The minimum Gasteiger partial charge on any atom is -0.466 e. The van der Waals surface area contributed by atoms with Gasteiger partial charge >= 0.3 is 5.97 Å². The second kappa shape index (κ2) is 12.9. The number of ether oxygens (including phenoxy) is 1. The number of piperidine rings is 1. The predicted molar refractivity (Wildman–Crippen MR) is 167 cm³/mol. The number of rotatable bonds is 9. The first-order chi connectivity index (χ1) is 20.2. The Morgan fingerprint density at radius 3 is 2.55 bits per heavy atom. The summed E-state index contributed by atoms with van der Waals surface area (Å²) in [5.74, 6) is -0.713. The van der Waals surface area contributed by atoms with E-state index in [0.29, 0.717) is 52.0 Å². The Hall–Kier alpha value is -3.32. The van der Waals surface area contributed by atoms with Gasteiger partial charge in [0.05, 0.1) is 28.0 Å². The fraction of sp³-hybridized carbons (Fsp3) is 0.333. The zero-order valence-electron chi connectivity index (χ0n) is 23.4. The maximum absolute atomic E-state index is 13.6. The molecule has 42 heavy (non-hydrogen) atoms. The number of thiocarbonyl (C=S) groups is 1. The number of carbonyl (C=O) groups is 2. The Balaban J connectivity index is 1.49. The molecule has 9 nitrogen and oxygen atoms in total. The van der Waals surface area contributed by atoms with Gasteiger partial charge in [-0.15, -0.1) is 0 Å². The van der Waals surface area contributed by atoms with Crippen LogP contribution < -0.4 is 0 Å². The molecule has 0 spiro atoms. The number of nitrogens with zero attached hydrogens (tertiary/aromatic N) is 4. The van der Waals surface area contributed by atoms with Crippen LogP contribution in [0.4, 0.5) is 0 Å². The van der Waals surface area contributed by atoms with E-state index in [-0.39, 0.29) is 35.8 Å². The van der Waals surface area contributed by atoms with Crippen molar-refractivity contribution in [3.05, 3.63) is 71.3 Å². The zero-order valence-corrected chi connectivity index (χ0v) is 25.9. The van der Waals surface area contributed by atoms with E-state index in [1.807, 2.05) is 49.5 Å². The van der Waals surface area contributed by atoms with Gasteiger partial charge in [-0.2, -0.15) is 9.40 Å². The molecule has 0 atom stereocenters. The van der Waals surface area contributed by atoms with Crippen molar-refractivity contribution in [2.45, 2.75) is 38.0 Å². The van der Waals surface area contributed by atoms with Crippen LogP contribution in [-0.2, 0) is 24.3 Å². The lowest BCUT2D eigenvalue weighted by molar-refractivity contribution is -0.149. The lowest BCUT2D eigenvalue weighted by atomic mass is 9.98. The first-order valence-corrected chi connectivity index (χ1v) is 16.6. The molecule has 2 saturated heterocycles. The topological polar surface area (TPSA) is 102 Å². The minimum absolute atomic E-state index is 0.143. The van der Waals surface area contributed by atoms with Crippen LogP contribution in [0.1, 0.15) is 38.7 Å². The van der Waals surface area contributed by atoms with Gasteiger partial charge in [0.2, 0.25) is 10.0 Å². The summed E-state index contributed by atoms with van der Waals surface area (Å²) < 4.78 is 36.1. The van der Waals surface area contributed by atoms with Gasteiger partial charge in [-0.1, -0.05) is 61.2 Å². The lowest BCUT2D eigenvalue weighted by Gasteiger charge is -2.30. The molecule has 0 radical (unpaired) electrons. The molecule has 1 amide bonds. The molecule has 0 saturated carbocycles. The highest BCUT2D eigenvalue weighted by atomic mass is 32.2. The maximum atomic E-state index is 13.6. The summed E-state index contributed by atoms with van der Waals surface area (Å²) in [7, 11) is -3.81. The SMILES string of the molecule is CCCN1C(=O)C(=Cc2cn(-c3ccccc3)nc2-c2cccc(S(=O)(=O)N3CCC(C(=O)OCC)CC3)c2)SC1=S. The lowest BCUT2D eigenvalue weighted by Crippen LogP contribution is -2.40. The van der Waals surface area contributed by atoms with Gasteiger partial charge in [0.1, 0.15) is 10.0 Å². The highest BCUT2D eigenvalue weighted by molar-refractivity contribution is 8.26. The molecule has 0 N–H and O–H groups in total. The number of benzene rings is 2. The summed E-state index contributed by atoms with van der Waals surface area (Å²) in [5.41, 5.74) is 2.63. The van der Waals surface area contributed by atoms with E-state index in [2.05, 4.69) is 0 Å². The fourth-order valence-electron chi connectivity index (χ4n) is 5.03. The Bertz CT molecular complexity index is 1630. The molecule has 2 aliphatic rings. The summed E-state index contributed by atoms with van der Waals surface area (Å²) in [5, 5.41) is 4.82. The van der Waals surface area contributed by atoms with Crippen molar-refractivity contribution in [3.63, 3.8) is 0 Å². The molecule has 2 fully saturated rings. The first-order valence-electron chi connectivity index (χ1n) is 13.9. The molecule has 0 unspecified atom stereocenters. The van der Waals surface area contributed by atoms with Gasteiger partial charge in [0, 0.05) is 37.0 Å². The number of thioether (sulfide) groups is 1. The van der Waals surface area contributed by atoms with Crippen LogP contribution in [0, 0.1) is 5.92 Å². The third kappa shape index (κ3) is 6.22. The highest BCUT2D eigenvalue weighted by Gasteiger charge is 2.34. The number of carbonyl (C=O) groups excluding carboxylic acids is 2. The molecule has 3 heterocycles. The molecular formula is C30H32N4O5S3. The molecule has 3 aromatic rings. The van der Waals surface area contributed by atoms with Crippen molar-refractivity contribution in [1.29, 1.82) is 0 Å². The van der Waals surface area contributed by atoms with Gasteiger partial charge in [-0.3, -0.25) is 14.5 Å². The van der Waals surface area contributed by atoms with Gasteiger partial charge < -0.3 is 4.74 Å². The average molecular weight is 625 g/mol. The number of hydrogen-bond acceptors (Lipinski definition) is 8. The smallest absolute Gasteiger partial charge is 0.309 e. The second-order valence-electron chi connectivity index (χ2n) is 10.0. The van der Waals surface area contributed by atoms with Crippen LogP contribution in [0.3, 0.4) is 0 Å². The van der Waals surface area contributed by atoms with E-state index < -0.39 is 10.0 Å². The van der Waals surface area contributed by atoms with E-state index in [1.54, 1.807) is 40.8 Å². The third-order valence-electron chi connectivity index (χ3n) is 7.19. The number of esters is 1. The quantitative estimate of drug-likeness (QED) is 0.184. The summed E-state index contributed by atoms with van der Waals surface area (Å²) in [6.07, 6.45) is 5.23. The summed E-state index contributed by atoms with van der Waals surface area (Å²) in [6, 6.07) is 16.3. The van der Waals surface area contributed by atoms with Crippen LogP contribution in [0.5, 0.6) is 0 Å². The van der Waals surface area contributed by atoms with Crippen molar-refractivity contribution < 1.29 is 22.7 Å². The predicted octanol–water partition coefficient (Wildman–Crippen LogP) is 5.11. The maximum Gasteiger partial charge on any atom is 0.309 e. The molecule has 220 valence electrons. The number of hydrogen-bond donors (Lipinski definition) is 0. The Morgan fingerprint density at radius 1 is 1.12 bits per heavy atom. The summed E-state index contributed by atoms with van der Waals surface area (Å²) in [6.45, 7) is 5.09. The van der Waals surface area contributed by atoms with E-state index in [1.165, 1.54) is 16.1 Å². The van der Waals surface area contributed by atoms with Crippen LogP contribution in [0.25, 0.3) is 23.0 Å². The molecule has 1 aromatic heterocycles. The van der Waals surface area contributed by atoms with Crippen molar-refractivity contribution in [3.8, 4) is 16.9 Å². The molecule has 0 bridgehead atoms. The third-order valence-corrected chi connectivity index (χ3v) is 10.5. The van der Waals surface area contributed by atoms with E-state index >= 15 is 0 Å². The van der Waals surface area contributed by atoms with Crippen molar-refractivity contribution in [2.24, 2.45) is 5.92 Å². The molecule has 2 aromatic carbocycles. The van der Waals surface area contributed by atoms with E-state index in [0.717, 1.165) is 12.1 Å². The molecule has 2 aliphatic heterocycles. The van der Waals surface area contributed by atoms with Crippen LogP contribution in [0.15, 0.2) is 70.6 Å². The number of sulfonamides is 1. The Labute approximate surface area is 255 Å². The van der Waals surface area contributed by atoms with Crippen LogP contribution >= 0.6 is 24.0 Å². The Morgan fingerprint density at radius 2 is 1.86 bits per heavy atom. The number of aromatic nitrogens is 2. The van der Waals surface area contributed by atoms with Crippen molar-refractivity contribution >= 4 is 56.3 Å². The fourth-order valence-corrected chi connectivity index (χ4v) is 7.85. The summed E-state index contributed by atoms with van der Waals surface area (Å²) >= 11 is 6.70.